The topological polar surface area (TPSA) is 75.6 Å². The molecule has 0 saturated carbocycles. The van der Waals surface area contributed by atoms with E-state index >= 15 is 0 Å². The minimum atomic E-state index is -0.332. The van der Waals surface area contributed by atoms with Crippen LogP contribution in [0.1, 0.15) is 16.1 Å². The minimum absolute atomic E-state index is 0.310. The van der Waals surface area contributed by atoms with Crippen molar-refractivity contribution in [1.29, 1.82) is 0 Å². The zero-order valence-electron chi connectivity index (χ0n) is 14.9. The average molecular weight is 447 g/mol. The molecule has 0 radical (unpaired) electrons. The van der Waals surface area contributed by atoms with Gasteiger partial charge in [0.25, 0.3) is 5.91 Å². The fraction of sp³-hybridized carbons (Fsp3) is 0.0500. The maximum absolute atomic E-state index is 12.5. The highest BCUT2D eigenvalue weighted by Crippen LogP contribution is 2.28. The van der Waals surface area contributed by atoms with Crippen molar-refractivity contribution in [3.05, 3.63) is 87.2 Å². The SMILES string of the molecule is O=C(Nc1cnn(Cc2ccccc2Cl)c1)c1cc(-c2ccc(Cl)c(Cl)c2)n[nH]1. The van der Waals surface area contributed by atoms with Crippen LogP contribution in [0.5, 0.6) is 0 Å². The number of halogens is 3. The van der Waals surface area contributed by atoms with Gasteiger partial charge in [-0.3, -0.25) is 14.6 Å². The molecule has 146 valence electrons. The number of nitrogens with one attached hydrogen (secondary N) is 2. The Morgan fingerprint density at radius 3 is 2.66 bits per heavy atom. The van der Waals surface area contributed by atoms with Crippen LogP contribution >= 0.6 is 34.8 Å². The maximum Gasteiger partial charge on any atom is 0.273 e. The molecule has 0 aliphatic heterocycles. The van der Waals surface area contributed by atoms with E-state index in [1.165, 1.54) is 0 Å². The lowest BCUT2D eigenvalue weighted by molar-refractivity contribution is 0.102. The third-order valence-electron chi connectivity index (χ3n) is 4.22. The van der Waals surface area contributed by atoms with Crippen LogP contribution in [0.4, 0.5) is 5.69 Å². The van der Waals surface area contributed by atoms with Crippen molar-refractivity contribution in [1.82, 2.24) is 20.0 Å². The number of nitrogens with zero attached hydrogens (tertiary/aromatic N) is 3. The van der Waals surface area contributed by atoms with Gasteiger partial charge in [0.2, 0.25) is 0 Å². The molecule has 6 nitrogen and oxygen atoms in total. The van der Waals surface area contributed by atoms with Crippen LogP contribution in [0, 0.1) is 0 Å². The third kappa shape index (κ3) is 4.45. The monoisotopic (exact) mass is 445 g/mol. The van der Waals surface area contributed by atoms with Crippen molar-refractivity contribution in [3.8, 4) is 11.3 Å². The van der Waals surface area contributed by atoms with Crippen LogP contribution < -0.4 is 5.32 Å². The molecule has 2 aromatic carbocycles. The Hall–Kier alpha value is -2.80. The molecule has 0 saturated heterocycles. The van der Waals surface area contributed by atoms with E-state index in [9.17, 15) is 4.79 Å². The molecule has 29 heavy (non-hydrogen) atoms. The van der Waals surface area contributed by atoms with Crippen molar-refractivity contribution in [2.75, 3.05) is 5.32 Å². The van der Waals surface area contributed by atoms with Crippen LogP contribution in [0.15, 0.2) is 60.9 Å². The van der Waals surface area contributed by atoms with Gasteiger partial charge in [0, 0.05) is 16.8 Å². The van der Waals surface area contributed by atoms with Crippen LogP contribution in [0.2, 0.25) is 15.1 Å². The molecule has 4 aromatic rings. The Morgan fingerprint density at radius 1 is 1.03 bits per heavy atom. The van der Waals surface area contributed by atoms with Gasteiger partial charge in [-0.05, 0) is 29.8 Å². The molecular weight excluding hydrogens is 433 g/mol. The van der Waals surface area contributed by atoms with Gasteiger partial charge in [-0.25, -0.2) is 0 Å². The van der Waals surface area contributed by atoms with Gasteiger partial charge in [0.15, 0.2) is 0 Å². The second kappa shape index (κ2) is 8.29. The Kier molecular flexibility index (Phi) is 5.58. The molecule has 1 amide bonds. The Bertz CT molecular complexity index is 1180. The number of anilines is 1. The smallest absolute Gasteiger partial charge is 0.273 e. The van der Waals surface area contributed by atoms with E-state index in [1.54, 1.807) is 41.3 Å². The number of benzene rings is 2. The van der Waals surface area contributed by atoms with Gasteiger partial charge in [-0.1, -0.05) is 59.1 Å². The Morgan fingerprint density at radius 2 is 1.86 bits per heavy atom. The molecule has 0 spiro atoms. The zero-order chi connectivity index (χ0) is 20.4. The van der Waals surface area contributed by atoms with Crippen molar-refractivity contribution in [2.45, 2.75) is 6.54 Å². The summed E-state index contributed by atoms with van der Waals surface area (Å²) in [4.78, 5) is 12.5. The summed E-state index contributed by atoms with van der Waals surface area (Å²) >= 11 is 18.2. The lowest BCUT2D eigenvalue weighted by Gasteiger charge is -2.04. The minimum Gasteiger partial charge on any atom is -0.318 e. The Labute approximate surface area is 181 Å². The van der Waals surface area contributed by atoms with Crippen molar-refractivity contribution >= 4 is 46.4 Å². The van der Waals surface area contributed by atoms with Crippen molar-refractivity contribution in [2.24, 2.45) is 0 Å². The first-order valence-electron chi connectivity index (χ1n) is 8.57. The van der Waals surface area contributed by atoms with Crippen molar-refractivity contribution < 1.29 is 4.79 Å². The zero-order valence-corrected chi connectivity index (χ0v) is 17.1. The molecule has 0 atom stereocenters. The number of aromatic nitrogens is 4. The molecule has 2 aromatic heterocycles. The summed E-state index contributed by atoms with van der Waals surface area (Å²) in [6.07, 6.45) is 3.31. The van der Waals surface area contributed by atoms with Gasteiger partial charge < -0.3 is 5.32 Å². The summed E-state index contributed by atoms with van der Waals surface area (Å²) in [6.45, 7) is 0.501. The Balaban J connectivity index is 1.45. The van der Waals surface area contributed by atoms with Gasteiger partial charge in [-0.15, -0.1) is 0 Å². The van der Waals surface area contributed by atoms with E-state index in [-0.39, 0.29) is 5.91 Å². The van der Waals surface area contributed by atoms with Gasteiger partial charge >= 0.3 is 0 Å². The lowest BCUT2D eigenvalue weighted by Crippen LogP contribution is -2.11. The van der Waals surface area contributed by atoms with E-state index in [2.05, 4.69) is 20.6 Å². The summed E-state index contributed by atoms with van der Waals surface area (Å²) in [5, 5.41) is 15.5. The lowest BCUT2D eigenvalue weighted by atomic mass is 10.1. The molecule has 2 N–H and O–H groups in total. The summed E-state index contributed by atoms with van der Waals surface area (Å²) in [5.41, 5.74) is 3.15. The number of carbonyl (C=O) groups excluding carboxylic acids is 1. The van der Waals surface area contributed by atoms with Crippen LogP contribution in [0.3, 0.4) is 0 Å². The maximum atomic E-state index is 12.5. The van der Waals surface area contributed by atoms with Gasteiger partial charge in [-0.2, -0.15) is 10.2 Å². The fourth-order valence-electron chi connectivity index (χ4n) is 2.76. The van der Waals surface area contributed by atoms with Crippen molar-refractivity contribution in [3.63, 3.8) is 0 Å². The fourth-order valence-corrected chi connectivity index (χ4v) is 3.25. The molecule has 0 aliphatic carbocycles. The molecule has 2 heterocycles. The van der Waals surface area contributed by atoms with Gasteiger partial charge in [0.1, 0.15) is 5.69 Å². The predicted molar refractivity (Wildman–Crippen MR) is 115 cm³/mol. The quantitative estimate of drug-likeness (QED) is 0.423. The number of aromatic amines is 1. The van der Waals surface area contributed by atoms with Crippen LogP contribution in [-0.2, 0) is 6.54 Å². The second-order valence-electron chi connectivity index (χ2n) is 6.27. The first-order valence-corrected chi connectivity index (χ1v) is 9.71. The molecule has 9 heteroatoms. The normalized spacial score (nSPS) is 10.9. The van der Waals surface area contributed by atoms with E-state index in [0.717, 1.165) is 11.1 Å². The third-order valence-corrected chi connectivity index (χ3v) is 5.33. The highest BCUT2D eigenvalue weighted by atomic mass is 35.5. The highest BCUT2D eigenvalue weighted by molar-refractivity contribution is 6.42. The van der Waals surface area contributed by atoms with Crippen LogP contribution in [-0.4, -0.2) is 25.9 Å². The number of H-pyrrole nitrogens is 1. The number of rotatable bonds is 5. The summed E-state index contributed by atoms with van der Waals surface area (Å²) < 4.78 is 1.70. The standard InChI is InChI=1S/C20H14Cl3N5O/c21-15-4-2-1-3-13(15)10-28-11-14(9-24-28)25-20(29)19-8-18(26-27-19)12-5-6-16(22)17(23)7-12/h1-9,11H,10H2,(H,25,29)(H,26,27). The van der Waals surface area contributed by atoms with E-state index in [4.69, 9.17) is 34.8 Å². The van der Waals surface area contributed by atoms with Gasteiger partial charge in [0.05, 0.1) is 34.2 Å². The van der Waals surface area contributed by atoms with E-state index < -0.39 is 0 Å². The molecule has 0 fully saturated rings. The van der Waals surface area contributed by atoms with Crippen LogP contribution in [0.25, 0.3) is 11.3 Å². The summed E-state index contributed by atoms with van der Waals surface area (Å²) in [5.74, 6) is -0.332. The highest BCUT2D eigenvalue weighted by Gasteiger charge is 2.13. The molecule has 0 aliphatic rings. The second-order valence-corrected chi connectivity index (χ2v) is 7.49. The number of carbonyl (C=O) groups is 1. The molecular formula is C20H14Cl3N5O. The first kappa shape index (κ1) is 19.5. The summed E-state index contributed by atoms with van der Waals surface area (Å²) in [6, 6.07) is 14.3. The molecule has 0 bridgehead atoms. The molecule has 4 rings (SSSR count). The number of hydrogen-bond donors (Lipinski definition) is 2. The number of amides is 1. The van der Waals surface area contributed by atoms with E-state index in [1.807, 2.05) is 24.3 Å². The summed E-state index contributed by atoms with van der Waals surface area (Å²) in [7, 11) is 0. The number of hydrogen-bond acceptors (Lipinski definition) is 3. The van der Waals surface area contributed by atoms with E-state index in [0.29, 0.717) is 38.7 Å². The molecule has 0 unspecified atom stereocenters. The first-order chi connectivity index (χ1) is 14.0. The average Bonchev–Trinajstić information content (AvgIpc) is 3.36. The largest absolute Gasteiger partial charge is 0.318 e. The predicted octanol–water partition coefficient (Wildman–Crippen LogP) is 5.53.